The molecule has 1 saturated heterocycles. The van der Waals surface area contributed by atoms with E-state index < -0.39 is 42.5 Å². The molecule has 3 rings (SSSR count). The van der Waals surface area contributed by atoms with E-state index in [2.05, 4.69) is 5.32 Å². The Morgan fingerprint density at radius 2 is 1.61 bits per heavy atom. The Kier molecular flexibility index (Phi) is 9.05. The fourth-order valence-corrected chi connectivity index (χ4v) is 6.96. The van der Waals surface area contributed by atoms with Gasteiger partial charge in [0.2, 0.25) is 36.0 Å². The van der Waals surface area contributed by atoms with Gasteiger partial charge in [-0.15, -0.1) is 0 Å². The Bertz CT molecular complexity index is 1480. The minimum absolute atomic E-state index is 0.0450. The molecule has 0 atom stereocenters. The molecule has 1 heterocycles. The van der Waals surface area contributed by atoms with Crippen LogP contribution in [0.15, 0.2) is 52.3 Å². The van der Waals surface area contributed by atoms with Crippen LogP contribution >= 0.6 is 0 Å². The predicted molar refractivity (Wildman–Crippen MR) is 141 cm³/mol. The van der Waals surface area contributed by atoms with Gasteiger partial charge in [0.25, 0.3) is 0 Å². The molecule has 0 saturated carbocycles. The van der Waals surface area contributed by atoms with Gasteiger partial charge in [0.05, 0.1) is 37.2 Å². The monoisotopic (exact) mass is 590 g/mol. The topological polar surface area (TPSA) is 160 Å². The summed E-state index contributed by atoms with van der Waals surface area (Å²) in [6.45, 7) is 0.193. The second kappa shape index (κ2) is 11.5. The van der Waals surface area contributed by atoms with Gasteiger partial charge >= 0.3 is 0 Å². The number of amides is 1. The zero-order chi connectivity index (χ0) is 28.3. The summed E-state index contributed by atoms with van der Waals surface area (Å²) in [6.07, 6.45) is 0.908. The van der Waals surface area contributed by atoms with E-state index in [9.17, 15) is 30.0 Å². The van der Waals surface area contributed by atoms with E-state index in [1.807, 2.05) is 0 Å². The number of methoxy groups -OCH3 is 1. The van der Waals surface area contributed by atoms with Crippen molar-refractivity contribution in [2.75, 3.05) is 69.9 Å². The molecule has 0 aliphatic carbocycles. The third-order valence-corrected chi connectivity index (χ3v) is 10.5. The largest absolute Gasteiger partial charge is 0.495 e. The van der Waals surface area contributed by atoms with Crippen molar-refractivity contribution < 1.29 is 39.5 Å². The maximum atomic E-state index is 13.2. The minimum Gasteiger partial charge on any atom is -0.495 e. The molecule has 0 bridgehead atoms. The summed E-state index contributed by atoms with van der Waals surface area (Å²) in [6, 6.07) is 9.12. The number of hydrogen-bond acceptors (Lipinski definition) is 9. The van der Waals surface area contributed by atoms with E-state index in [0.717, 1.165) is 14.9 Å². The van der Waals surface area contributed by atoms with Crippen LogP contribution in [-0.4, -0.2) is 100 Å². The van der Waals surface area contributed by atoms with Crippen LogP contribution in [0.3, 0.4) is 0 Å². The molecule has 0 unspecified atom stereocenters. The summed E-state index contributed by atoms with van der Waals surface area (Å²) in [5.41, 5.74) is 0.189. The molecule has 1 amide bonds. The van der Waals surface area contributed by atoms with Crippen LogP contribution in [0.5, 0.6) is 5.75 Å². The highest BCUT2D eigenvalue weighted by Crippen LogP contribution is 2.30. The lowest BCUT2D eigenvalue weighted by Gasteiger charge is -2.27. The quantitative estimate of drug-likeness (QED) is 0.412. The van der Waals surface area contributed by atoms with E-state index in [0.29, 0.717) is 0 Å². The number of nitrogens with zero attached hydrogens (tertiary/aromatic N) is 3. The maximum absolute atomic E-state index is 13.2. The van der Waals surface area contributed by atoms with Gasteiger partial charge in [-0.2, -0.15) is 4.31 Å². The van der Waals surface area contributed by atoms with Gasteiger partial charge in [-0.05, 0) is 42.5 Å². The Balaban J connectivity index is 1.85. The van der Waals surface area contributed by atoms with Crippen LogP contribution in [0.4, 0.5) is 11.4 Å². The number of anilines is 2. The Morgan fingerprint density at radius 1 is 1.00 bits per heavy atom. The van der Waals surface area contributed by atoms with Crippen LogP contribution < -0.4 is 14.4 Å². The van der Waals surface area contributed by atoms with Crippen molar-refractivity contribution in [1.82, 2.24) is 8.61 Å². The second-order valence-electron chi connectivity index (χ2n) is 8.48. The molecule has 1 aliphatic heterocycles. The Hall–Kier alpha value is -2.76. The lowest BCUT2D eigenvalue weighted by molar-refractivity contribution is -0.114. The number of carbonyl (C=O) groups is 1. The summed E-state index contributed by atoms with van der Waals surface area (Å²) < 4.78 is 89.4. The number of nitrogens with one attached hydrogen (secondary N) is 1. The lowest BCUT2D eigenvalue weighted by atomic mass is 10.3. The summed E-state index contributed by atoms with van der Waals surface area (Å²) >= 11 is 0. The molecule has 1 fully saturated rings. The standard InChI is InChI=1S/C22H30N4O9S3/c1-24(2)37(30,31)19-8-6-18(7-9-19)26(36(4,28)29)16-22(27)23-17-5-10-20(34-3)21(15-17)38(32,33)25-11-13-35-14-12-25/h5-10,15H,11-14,16H2,1-4H3,(H,23,27). The molecule has 16 heteroatoms. The first-order chi connectivity index (χ1) is 17.7. The summed E-state index contributed by atoms with van der Waals surface area (Å²) in [7, 11) is -7.58. The molecule has 0 spiro atoms. The molecule has 2 aromatic rings. The number of morpholine rings is 1. The third-order valence-electron chi connectivity index (χ3n) is 5.63. The first kappa shape index (κ1) is 29.8. The molecular weight excluding hydrogens is 560 g/mol. The molecule has 0 aromatic heterocycles. The molecule has 0 radical (unpaired) electrons. The zero-order valence-electron chi connectivity index (χ0n) is 21.3. The zero-order valence-corrected chi connectivity index (χ0v) is 23.8. The molecular formula is C22H30N4O9S3. The van der Waals surface area contributed by atoms with Crippen LogP contribution in [-0.2, 0) is 39.6 Å². The van der Waals surface area contributed by atoms with Gasteiger partial charge in [-0.1, -0.05) is 0 Å². The normalized spacial score (nSPS) is 15.3. The van der Waals surface area contributed by atoms with Crippen molar-refractivity contribution in [1.29, 1.82) is 0 Å². The van der Waals surface area contributed by atoms with Gasteiger partial charge in [-0.3, -0.25) is 9.10 Å². The average Bonchev–Trinajstić information content (AvgIpc) is 2.87. The minimum atomic E-state index is -3.96. The van der Waals surface area contributed by atoms with Gasteiger partial charge in [0.1, 0.15) is 17.2 Å². The molecule has 13 nitrogen and oxygen atoms in total. The number of ether oxygens (including phenoxy) is 2. The number of sulfonamides is 3. The van der Waals surface area contributed by atoms with Gasteiger partial charge in [0.15, 0.2) is 0 Å². The van der Waals surface area contributed by atoms with Gasteiger partial charge in [-0.25, -0.2) is 29.6 Å². The van der Waals surface area contributed by atoms with Crippen molar-refractivity contribution in [3.05, 3.63) is 42.5 Å². The van der Waals surface area contributed by atoms with E-state index >= 15 is 0 Å². The number of carbonyl (C=O) groups excluding carboxylic acids is 1. The van der Waals surface area contributed by atoms with E-state index in [4.69, 9.17) is 9.47 Å². The highest BCUT2D eigenvalue weighted by molar-refractivity contribution is 7.92. The summed E-state index contributed by atoms with van der Waals surface area (Å²) in [5, 5.41) is 2.52. The van der Waals surface area contributed by atoms with Gasteiger partial charge in [0, 0.05) is 32.9 Å². The van der Waals surface area contributed by atoms with Crippen molar-refractivity contribution in [3.63, 3.8) is 0 Å². The average molecular weight is 591 g/mol. The van der Waals surface area contributed by atoms with Crippen molar-refractivity contribution in [2.24, 2.45) is 0 Å². The van der Waals surface area contributed by atoms with Crippen LogP contribution in [0, 0.1) is 0 Å². The van der Waals surface area contributed by atoms with Crippen molar-refractivity contribution in [2.45, 2.75) is 9.79 Å². The van der Waals surface area contributed by atoms with Crippen LogP contribution in [0.1, 0.15) is 0 Å². The molecule has 2 aromatic carbocycles. The smallest absolute Gasteiger partial charge is 0.246 e. The molecule has 1 N–H and O–H groups in total. The van der Waals surface area contributed by atoms with Crippen LogP contribution in [0.25, 0.3) is 0 Å². The van der Waals surface area contributed by atoms with Crippen molar-refractivity contribution in [3.8, 4) is 5.75 Å². The fourth-order valence-electron chi connectivity index (χ4n) is 3.61. The van der Waals surface area contributed by atoms with E-state index in [1.54, 1.807) is 0 Å². The Morgan fingerprint density at radius 3 is 2.13 bits per heavy atom. The SMILES string of the molecule is COc1ccc(NC(=O)CN(c2ccc(S(=O)(=O)N(C)C)cc2)S(C)(=O)=O)cc1S(=O)(=O)N1CCOCC1. The third kappa shape index (κ3) is 6.62. The number of rotatable bonds is 10. The van der Waals surface area contributed by atoms with E-state index in [1.165, 1.54) is 68.0 Å². The molecule has 1 aliphatic rings. The second-order valence-corrected chi connectivity index (χ2v) is 14.4. The molecule has 38 heavy (non-hydrogen) atoms. The first-order valence-electron chi connectivity index (χ1n) is 11.2. The highest BCUT2D eigenvalue weighted by Gasteiger charge is 2.30. The van der Waals surface area contributed by atoms with E-state index in [-0.39, 0.29) is 53.2 Å². The highest BCUT2D eigenvalue weighted by atomic mass is 32.2. The molecule has 210 valence electrons. The first-order valence-corrected chi connectivity index (χ1v) is 16.0. The lowest BCUT2D eigenvalue weighted by Crippen LogP contribution is -2.40. The Labute approximate surface area is 223 Å². The summed E-state index contributed by atoms with van der Waals surface area (Å²) in [5.74, 6) is -0.666. The maximum Gasteiger partial charge on any atom is 0.246 e. The van der Waals surface area contributed by atoms with Crippen molar-refractivity contribution >= 4 is 47.4 Å². The van der Waals surface area contributed by atoms with Crippen LogP contribution in [0.2, 0.25) is 0 Å². The number of hydrogen-bond donors (Lipinski definition) is 1. The van der Waals surface area contributed by atoms with Gasteiger partial charge < -0.3 is 14.8 Å². The predicted octanol–water partition coefficient (Wildman–Crippen LogP) is 0.371. The summed E-state index contributed by atoms with van der Waals surface area (Å²) in [4.78, 5) is 12.6. The fraction of sp³-hybridized carbons (Fsp3) is 0.409. The number of benzene rings is 2.